The van der Waals surface area contributed by atoms with Gasteiger partial charge < -0.3 is 0 Å². The maximum absolute atomic E-state index is 5.68. The standard InChI is InChI=1S/C12H24Cl4Si2/c13-11(14)5-3-9-17-7-1-2-8-18-10-4-6-12(15)16/h1-2,11-12H,3-10,17-18H2. The van der Waals surface area contributed by atoms with Crippen LogP contribution in [0, 0.1) is 0 Å². The van der Waals surface area contributed by atoms with Crippen LogP contribution >= 0.6 is 46.4 Å². The molecule has 6 heteroatoms. The van der Waals surface area contributed by atoms with Crippen LogP contribution in [0.25, 0.3) is 0 Å². The highest BCUT2D eigenvalue weighted by atomic mass is 35.5. The van der Waals surface area contributed by atoms with Crippen LogP contribution in [0.15, 0.2) is 12.2 Å². The van der Waals surface area contributed by atoms with E-state index in [9.17, 15) is 0 Å². The van der Waals surface area contributed by atoms with E-state index >= 15 is 0 Å². The van der Waals surface area contributed by atoms with Gasteiger partial charge in [0.05, 0.1) is 0 Å². The lowest BCUT2D eigenvalue weighted by atomic mass is 10.4. The van der Waals surface area contributed by atoms with Crippen molar-refractivity contribution in [1.82, 2.24) is 0 Å². The van der Waals surface area contributed by atoms with Crippen molar-refractivity contribution in [3.05, 3.63) is 12.2 Å². The smallest absolute Gasteiger partial charge is 0.105 e. The average molecular weight is 366 g/mol. The molecule has 0 amide bonds. The number of allylic oxidation sites excluding steroid dienone is 2. The van der Waals surface area contributed by atoms with Crippen molar-refractivity contribution in [2.45, 2.75) is 59.5 Å². The van der Waals surface area contributed by atoms with Gasteiger partial charge in [0.2, 0.25) is 0 Å². The first-order valence-corrected chi connectivity index (χ1v) is 12.6. The second-order valence-electron chi connectivity index (χ2n) is 4.53. The van der Waals surface area contributed by atoms with E-state index in [1.165, 1.54) is 37.0 Å². The topological polar surface area (TPSA) is 0 Å². The second kappa shape index (κ2) is 14.7. The highest BCUT2D eigenvalue weighted by Gasteiger charge is 1.98. The predicted molar refractivity (Wildman–Crippen MR) is 94.9 cm³/mol. The molecule has 0 N–H and O–H groups in total. The summed E-state index contributed by atoms with van der Waals surface area (Å²) in [5.41, 5.74) is 0. The molecule has 0 atom stereocenters. The Labute approximate surface area is 136 Å². The van der Waals surface area contributed by atoms with Gasteiger partial charge in [-0.3, -0.25) is 0 Å². The van der Waals surface area contributed by atoms with Gasteiger partial charge >= 0.3 is 0 Å². The van der Waals surface area contributed by atoms with Crippen LogP contribution in [0.2, 0.25) is 24.2 Å². The number of rotatable bonds is 12. The number of halogens is 4. The van der Waals surface area contributed by atoms with E-state index in [2.05, 4.69) is 12.2 Å². The minimum atomic E-state index is -0.166. The Bertz CT molecular complexity index is 179. The third-order valence-corrected chi connectivity index (χ3v) is 7.11. The third kappa shape index (κ3) is 17.3. The fourth-order valence-electron chi connectivity index (χ4n) is 1.71. The molecule has 0 aromatic carbocycles. The van der Waals surface area contributed by atoms with E-state index in [0.29, 0.717) is 0 Å². The second-order valence-corrected chi connectivity index (χ2v) is 11.1. The van der Waals surface area contributed by atoms with Gasteiger partial charge in [0.15, 0.2) is 0 Å². The zero-order valence-corrected chi connectivity index (χ0v) is 16.7. The lowest BCUT2D eigenvalue weighted by Crippen LogP contribution is -1.92. The molecular formula is C12H24Cl4Si2. The highest BCUT2D eigenvalue weighted by molar-refractivity contribution is 6.44. The van der Waals surface area contributed by atoms with Gasteiger partial charge in [-0.15, -0.1) is 46.4 Å². The Kier molecular flexibility index (Phi) is 15.8. The van der Waals surface area contributed by atoms with Crippen molar-refractivity contribution < 1.29 is 0 Å². The Morgan fingerprint density at radius 2 is 1.11 bits per heavy atom. The molecule has 0 bridgehead atoms. The molecule has 18 heavy (non-hydrogen) atoms. The van der Waals surface area contributed by atoms with Crippen molar-refractivity contribution in [3.63, 3.8) is 0 Å². The molecule has 0 rings (SSSR count). The van der Waals surface area contributed by atoms with Gasteiger partial charge in [0, 0.05) is 19.0 Å². The van der Waals surface area contributed by atoms with Crippen LogP contribution in [0.3, 0.4) is 0 Å². The van der Waals surface area contributed by atoms with E-state index < -0.39 is 0 Å². The Morgan fingerprint density at radius 3 is 1.44 bits per heavy atom. The average Bonchev–Trinajstić information content (AvgIpc) is 2.29. The van der Waals surface area contributed by atoms with Gasteiger partial charge in [-0.1, -0.05) is 37.1 Å². The summed E-state index contributed by atoms with van der Waals surface area (Å²) in [6.45, 7) is 0. The Hall–Kier alpha value is 1.33. The fraction of sp³-hybridized carbons (Fsp3) is 0.833. The monoisotopic (exact) mass is 364 g/mol. The summed E-state index contributed by atoms with van der Waals surface area (Å²) < 4.78 is 0. The number of hydrogen-bond donors (Lipinski definition) is 0. The molecule has 0 aromatic rings. The summed E-state index contributed by atoms with van der Waals surface area (Å²) in [6.07, 6.45) is 9.06. The van der Waals surface area contributed by atoms with Gasteiger partial charge in [0.25, 0.3) is 0 Å². The SMILES string of the molecule is ClC(Cl)CCC[SiH2]CC=CC[SiH2]CCCC(Cl)Cl. The van der Waals surface area contributed by atoms with Crippen molar-refractivity contribution in [3.8, 4) is 0 Å². The molecule has 0 radical (unpaired) electrons. The van der Waals surface area contributed by atoms with Gasteiger partial charge in [-0.25, -0.2) is 0 Å². The summed E-state index contributed by atoms with van der Waals surface area (Å²) in [5, 5.41) is 0. The molecule has 0 saturated carbocycles. The van der Waals surface area contributed by atoms with E-state index in [1.807, 2.05) is 0 Å². The molecular weight excluding hydrogens is 342 g/mol. The maximum atomic E-state index is 5.68. The van der Waals surface area contributed by atoms with E-state index in [0.717, 1.165) is 12.8 Å². The zero-order valence-electron chi connectivity index (χ0n) is 10.9. The lowest BCUT2D eigenvalue weighted by molar-refractivity contribution is 0.853. The number of alkyl halides is 4. The predicted octanol–water partition coefficient (Wildman–Crippen LogP) is 4.72. The number of hydrogen-bond acceptors (Lipinski definition) is 0. The molecule has 0 unspecified atom stereocenters. The Morgan fingerprint density at radius 1 is 0.722 bits per heavy atom. The van der Waals surface area contributed by atoms with E-state index in [-0.39, 0.29) is 28.7 Å². The molecule has 108 valence electrons. The lowest BCUT2D eigenvalue weighted by Gasteiger charge is -1.99. The summed E-state index contributed by atoms with van der Waals surface area (Å²) in [5.74, 6) is 0. The van der Waals surface area contributed by atoms with Gasteiger partial charge in [-0.2, -0.15) is 0 Å². The highest BCUT2D eigenvalue weighted by Crippen LogP contribution is 2.12. The van der Waals surface area contributed by atoms with Crippen molar-refractivity contribution >= 4 is 65.4 Å². The molecule has 0 heterocycles. The quantitative estimate of drug-likeness (QED) is 0.203. The maximum Gasteiger partial charge on any atom is 0.107 e. The van der Waals surface area contributed by atoms with Crippen LogP contribution in [0.5, 0.6) is 0 Å². The van der Waals surface area contributed by atoms with Crippen molar-refractivity contribution in [2.24, 2.45) is 0 Å². The van der Waals surface area contributed by atoms with Crippen LogP contribution in [0.4, 0.5) is 0 Å². The minimum Gasteiger partial charge on any atom is -0.105 e. The Balaban J connectivity index is 3.09. The van der Waals surface area contributed by atoms with Crippen LogP contribution in [-0.4, -0.2) is 28.7 Å². The summed E-state index contributed by atoms with van der Waals surface area (Å²) >= 11 is 22.7. The largest absolute Gasteiger partial charge is 0.107 e. The third-order valence-electron chi connectivity index (χ3n) is 2.75. The van der Waals surface area contributed by atoms with Crippen LogP contribution < -0.4 is 0 Å². The molecule has 0 nitrogen and oxygen atoms in total. The zero-order chi connectivity index (χ0) is 13.6. The molecule has 0 fully saturated rings. The molecule has 0 aliphatic heterocycles. The molecule has 0 spiro atoms. The normalized spacial score (nSPS) is 13.4. The molecule has 0 aliphatic rings. The van der Waals surface area contributed by atoms with Crippen molar-refractivity contribution in [2.75, 3.05) is 0 Å². The van der Waals surface area contributed by atoms with Gasteiger partial charge in [-0.05, 0) is 24.9 Å². The first-order chi connectivity index (χ1) is 8.63. The summed E-state index contributed by atoms with van der Waals surface area (Å²) in [7, 11) is 0.180. The van der Waals surface area contributed by atoms with E-state index in [1.54, 1.807) is 0 Å². The summed E-state index contributed by atoms with van der Waals surface area (Å²) in [4.78, 5) is -0.331. The van der Waals surface area contributed by atoms with Crippen LogP contribution in [0.1, 0.15) is 25.7 Å². The molecule has 0 saturated heterocycles. The van der Waals surface area contributed by atoms with Crippen LogP contribution in [-0.2, 0) is 0 Å². The van der Waals surface area contributed by atoms with Gasteiger partial charge in [0.1, 0.15) is 9.67 Å². The first kappa shape index (κ1) is 19.3. The fourth-order valence-corrected chi connectivity index (χ4v) is 5.13. The molecule has 0 aliphatic carbocycles. The van der Waals surface area contributed by atoms with Crippen molar-refractivity contribution in [1.29, 1.82) is 0 Å². The molecule has 0 aromatic heterocycles. The van der Waals surface area contributed by atoms with E-state index in [4.69, 9.17) is 46.4 Å². The minimum absolute atomic E-state index is 0.0901. The first-order valence-electron chi connectivity index (χ1n) is 6.84. The summed E-state index contributed by atoms with van der Waals surface area (Å²) in [6, 6.07) is 5.39.